The van der Waals surface area contributed by atoms with Gasteiger partial charge in [-0.15, -0.1) is 0 Å². The number of rotatable bonds is 7. The minimum Gasteiger partial charge on any atom is -0.333 e. The number of nitrogens with one attached hydrogen (secondary N) is 2. The molecule has 0 unspecified atom stereocenters. The van der Waals surface area contributed by atoms with E-state index in [9.17, 15) is 14.4 Å². The van der Waals surface area contributed by atoms with Crippen LogP contribution in [-0.4, -0.2) is 32.8 Å². The van der Waals surface area contributed by atoms with E-state index in [1.54, 1.807) is 16.7 Å². The van der Waals surface area contributed by atoms with Gasteiger partial charge in [-0.05, 0) is 45.4 Å². The van der Waals surface area contributed by atoms with Gasteiger partial charge >= 0.3 is 6.03 Å². The molecule has 0 saturated carbocycles. The number of hydrogen-bond donors (Lipinski definition) is 2. The minimum atomic E-state index is -0.542. The molecule has 1 aromatic carbocycles. The fourth-order valence-corrected chi connectivity index (χ4v) is 3.85. The number of aromatic nitrogens is 2. The molecular weight excluding hydrogens is 456 g/mol. The molecule has 0 radical (unpaired) electrons. The second-order valence-electron chi connectivity index (χ2n) is 7.76. The number of fused-ring (bicyclic) bond motifs is 1. The monoisotopic (exact) mass is 482 g/mol. The predicted molar refractivity (Wildman–Crippen MR) is 120 cm³/mol. The normalized spacial score (nSPS) is 11.5. The Hall–Kier alpha value is -1.87. The van der Waals surface area contributed by atoms with Crippen molar-refractivity contribution in [2.24, 2.45) is 0 Å². The summed E-state index contributed by atoms with van der Waals surface area (Å²) in [6.07, 6.45) is 2.89. The number of carbonyl (C=O) groups is 2. The lowest BCUT2D eigenvalue weighted by atomic mass is 10.1. The van der Waals surface area contributed by atoms with Crippen molar-refractivity contribution in [3.05, 3.63) is 33.0 Å². The topological polar surface area (TPSA) is 93.1 Å². The van der Waals surface area contributed by atoms with Crippen molar-refractivity contribution in [3.8, 4) is 0 Å². The van der Waals surface area contributed by atoms with E-state index in [0.29, 0.717) is 22.6 Å². The van der Waals surface area contributed by atoms with Crippen molar-refractivity contribution in [1.82, 2.24) is 20.2 Å². The van der Waals surface area contributed by atoms with Gasteiger partial charge in [0.15, 0.2) is 5.16 Å². The molecule has 0 spiro atoms. The predicted octanol–water partition coefficient (Wildman–Crippen LogP) is 4.07. The van der Waals surface area contributed by atoms with E-state index >= 15 is 0 Å². The van der Waals surface area contributed by atoms with Crippen molar-refractivity contribution in [1.29, 1.82) is 0 Å². The first-order valence-corrected chi connectivity index (χ1v) is 11.3. The number of thioether (sulfide) groups is 1. The van der Waals surface area contributed by atoms with Crippen LogP contribution in [-0.2, 0) is 11.3 Å². The average molecular weight is 483 g/mol. The molecule has 0 aliphatic heterocycles. The van der Waals surface area contributed by atoms with Gasteiger partial charge < -0.3 is 5.32 Å². The number of carbonyl (C=O) groups excluding carboxylic acids is 2. The van der Waals surface area contributed by atoms with Crippen LogP contribution in [0.2, 0.25) is 0 Å². The first-order valence-electron chi connectivity index (χ1n) is 9.55. The molecule has 0 aliphatic carbocycles. The van der Waals surface area contributed by atoms with Gasteiger partial charge in [-0.25, -0.2) is 9.78 Å². The number of nitrogens with zero attached hydrogens (tertiary/aromatic N) is 2. The molecule has 1 heterocycles. The second-order valence-corrected chi connectivity index (χ2v) is 9.62. The Bertz CT molecular complexity index is 953. The second kappa shape index (κ2) is 10.2. The molecule has 0 atom stereocenters. The van der Waals surface area contributed by atoms with E-state index in [1.807, 2.05) is 26.8 Å². The van der Waals surface area contributed by atoms with Gasteiger partial charge in [-0.1, -0.05) is 47.5 Å². The number of halogens is 1. The zero-order valence-electron chi connectivity index (χ0n) is 17.2. The molecule has 1 aromatic heterocycles. The van der Waals surface area contributed by atoms with Crippen LogP contribution in [0, 0.1) is 0 Å². The van der Waals surface area contributed by atoms with Crippen LogP contribution in [0.25, 0.3) is 10.9 Å². The molecule has 2 aromatic rings. The highest BCUT2D eigenvalue weighted by Gasteiger charge is 2.17. The van der Waals surface area contributed by atoms with E-state index in [4.69, 9.17) is 0 Å². The van der Waals surface area contributed by atoms with Crippen LogP contribution in [0.4, 0.5) is 4.79 Å². The first kappa shape index (κ1) is 23.4. The average Bonchev–Trinajstić information content (AvgIpc) is 2.61. The van der Waals surface area contributed by atoms with Crippen molar-refractivity contribution < 1.29 is 9.59 Å². The molecule has 2 rings (SSSR count). The quantitative estimate of drug-likeness (QED) is 0.352. The summed E-state index contributed by atoms with van der Waals surface area (Å²) in [7, 11) is 0. The Labute approximate surface area is 183 Å². The van der Waals surface area contributed by atoms with Crippen LogP contribution >= 0.6 is 27.7 Å². The van der Waals surface area contributed by atoms with E-state index in [-0.39, 0.29) is 11.3 Å². The van der Waals surface area contributed by atoms with Crippen LogP contribution in [0.15, 0.2) is 32.6 Å². The number of urea groups is 1. The van der Waals surface area contributed by atoms with E-state index in [0.717, 1.165) is 35.5 Å². The molecule has 0 fully saturated rings. The Morgan fingerprint density at radius 1 is 1.24 bits per heavy atom. The maximum absolute atomic E-state index is 13.0. The Balaban J connectivity index is 2.20. The van der Waals surface area contributed by atoms with Crippen LogP contribution in [0.3, 0.4) is 0 Å². The zero-order chi connectivity index (χ0) is 21.6. The SMILES string of the molecule is CCCCCn1c(SCC(=O)NC(=O)NC(C)(C)C)nc2ccc(Br)cc2c1=O. The van der Waals surface area contributed by atoms with E-state index in [1.165, 1.54) is 0 Å². The third-order valence-electron chi connectivity index (χ3n) is 3.94. The molecule has 29 heavy (non-hydrogen) atoms. The van der Waals surface area contributed by atoms with Gasteiger partial charge in [0.2, 0.25) is 5.91 Å². The lowest BCUT2D eigenvalue weighted by Gasteiger charge is -2.20. The lowest BCUT2D eigenvalue weighted by molar-refractivity contribution is -0.117. The Morgan fingerprint density at radius 3 is 2.62 bits per heavy atom. The van der Waals surface area contributed by atoms with Gasteiger partial charge in [0.05, 0.1) is 16.7 Å². The molecule has 9 heteroatoms. The van der Waals surface area contributed by atoms with E-state index in [2.05, 4.69) is 38.5 Å². The number of unbranched alkanes of at least 4 members (excludes halogenated alkanes) is 2. The molecule has 158 valence electrons. The maximum Gasteiger partial charge on any atom is 0.321 e. The molecule has 7 nitrogen and oxygen atoms in total. The smallest absolute Gasteiger partial charge is 0.321 e. The molecule has 0 bridgehead atoms. The largest absolute Gasteiger partial charge is 0.333 e. The summed E-state index contributed by atoms with van der Waals surface area (Å²) in [5, 5.41) is 6.00. The summed E-state index contributed by atoms with van der Waals surface area (Å²) in [5.41, 5.74) is 0.0185. The van der Waals surface area contributed by atoms with Crippen LogP contribution < -0.4 is 16.2 Å². The summed E-state index contributed by atoms with van der Waals surface area (Å²) in [4.78, 5) is 41.6. The summed E-state index contributed by atoms with van der Waals surface area (Å²) < 4.78 is 2.44. The first-order chi connectivity index (χ1) is 13.6. The molecule has 2 N–H and O–H groups in total. The number of amides is 3. The van der Waals surface area contributed by atoms with Crippen molar-refractivity contribution in [2.75, 3.05) is 5.75 Å². The third kappa shape index (κ3) is 7.15. The van der Waals surface area contributed by atoms with Crippen molar-refractivity contribution >= 4 is 50.5 Å². The third-order valence-corrected chi connectivity index (χ3v) is 5.41. The van der Waals surface area contributed by atoms with Crippen LogP contribution in [0.5, 0.6) is 0 Å². The van der Waals surface area contributed by atoms with Gasteiger partial charge in [0.25, 0.3) is 5.56 Å². The lowest BCUT2D eigenvalue weighted by Crippen LogP contribution is -2.48. The zero-order valence-corrected chi connectivity index (χ0v) is 19.6. The number of benzene rings is 1. The number of imide groups is 1. The molecule has 0 saturated heterocycles. The van der Waals surface area contributed by atoms with E-state index < -0.39 is 17.5 Å². The summed E-state index contributed by atoms with van der Waals surface area (Å²) in [6, 6.07) is 4.82. The summed E-state index contributed by atoms with van der Waals surface area (Å²) in [6.45, 7) is 8.13. The summed E-state index contributed by atoms with van der Waals surface area (Å²) in [5.74, 6) is -0.457. The Morgan fingerprint density at radius 2 is 1.97 bits per heavy atom. The highest BCUT2D eigenvalue weighted by Crippen LogP contribution is 2.21. The van der Waals surface area contributed by atoms with Crippen LogP contribution in [0.1, 0.15) is 47.0 Å². The molecule has 0 aliphatic rings. The van der Waals surface area contributed by atoms with Crippen molar-refractivity contribution in [2.45, 2.75) is 64.2 Å². The fourth-order valence-electron chi connectivity index (χ4n) is 2.66. The number of hydrogen-bond acceptors (Lipinski definition) is 5. The highest BCUT2D eigenvalue weighted by molar-refractivity contribution is 9.10. The highest BCUT2D eigenvalue weighted by atomic mass is 79.9. The summed E-state index contributed by atoms with van der Waals surface area (Å²) >= 11 is 4.55. The van der Waals surface area contributed by atoms with Gasteiger partial charge in [0, 0.05) is 16.6 Å². The molecular formula is C20H27BrN4O3S. The van der Waals surface area contributed by atoms with Gasteiger partial charge in [-0.2, -0.15) is 0 Å². The van der Waals surface area contributed by atoms with Crippen molar-refractivity contribution in [3.63, 3.8) is 0 Å². The minimum absolute atomic E-state index is 0.0141. The van der Waals surface area contributed by atoms with Gasteiger partial charge in [0.1, 0.15) is 0 Å². The Kier molecular flexibility index (Phi) is 8.27. The van der Waals surface area contributed by atoms with Gasteiger partial charge in [-0.3, -0.25) is 19.5 Å². The fraction of sp³-hybridized carbons (Fsp3) is 0.500. The standard InChI is InChI=1S/C20H27BrN4O3S/c1-5-6-7-10-25-17(27)14-11-13(21)8-9-15(14)22-19(25)29-12-16(26)23-18(28)24-20(2,3)4/h8-9,11H,5-7,10,12H2,1-4H3,(H2,23,24,26,28). The molecule has 3 amide bonds. The maximum atomic E-state index is 13.0.